The minimum absolute atomic E-state index is 0.305. The summed E-state index contributed by atoms with van der Waals surface area (Å²) in [6, 6.07) is 12.9. The van der Waals surface area contributed by atoms with E-state index in [1.54, 1.807) is 49.4 Å². The number of amides is 2. The summed E-state index contributed by atoms with van der Waals surface area (Å²) in [6.07, 6.45) is 0. The molecule has 0 saturated heterocycles. The van der Waals surface area contributed by atoms with Crippen LogP contribution in [0.1, 0.15) is 17.3 Å². The van der Waals surface area contributed by atoms with Gasteiger partial charge in [-0.3, -0.25) is 9.59 Å². The Morgan fingerprint density at radius 2 is 1.83 bits per heavy atom. The van der Waals surface area contributed by atoms with Crippen molar-refractivity contribution in [2.75, 3.05) is 12.4 Å². The number of nitrogens with one attached hydrogen (secondary N) is 2. The summed E-state index contributed by atoms with van der Waals surface area (Å²) in [5, 5.41) is 5.74. The van der Waals surface area contributed by atoms with E-state index in [4.69, 9.17) is 16.3 Å². The molecule has 1 atom stereocenters. The fraction of sp³-hybridized carbons (Fsp3) is 0.176. The number of halogens is 1. The van der Waals surface area contributed by atoms with Gasteiger partial charge in [-0.05, 0) is 37.3 Å². The van der Waals surface area contributed by atoms with E-state index < -0.39 is 6.04 Å². The topological polar surface area (TPSA) is 67.4 Å². The van der Waals surface area contributed by atoms with Crippen molar-refractivity contribution in [2.24, 2.45) is 0 Å². The largest absolute Gasteiger partial charge is 0.495 e. The van der Waals surface area contributed by atoms with Crippen LogP contribution in [0.4, 0.5) is 5.69 Å². The van der Waals surface area contributed by atoms with E-state index in [9.17, 15) is 9.59 Å². The molecule has 0 spiro atoms. The van der Waals surface area contributed by atoms with Gasteiger partial charge in [0.1, 0.15) is 11.8 Å². The summed E-state index contributed by atoms with van der Waals surface area (Å²) >= 11 is 6.01. The maximum Gasteiger partial charge on any atom is 0.251 e. The van der Waals surface area contributed by atoms with E-state index >= 15 is 0 Å². The summed E-state index contributed by atoms with van der Waals surface area (Å²) in [6.45, 7) is 1.61. The molecule has 0 fully saturated rings. The van der Waals surface area contributed by atoms with Crippen LogP contribution in [0.2, 0.25) is 5.02 Å². The minimum Gasteiger partial charge on any atom is -0.495 e. The maximum atomic E-state index is 12.1. The molecular formula is C17H17ClN2O3. The summed E-state index contributed by atoms with van der Waals surface area (Å²) in [7, 11) is 1.51. The highest BCUT2D eigenvalue weighted by Gasteiger charge is 2.17. The number of carbonyl (C=O) groups excluding carboxylic acids is 2. The van der Waals surface area contributed by atoms with Crippen LogP contribution in [0.5, 0.6) is 5.75 Å². The van der Waals surface area contributed by atoms with Gasteiger partial charge in [0, 0.05) is 11.3 Å². The summed E-state index contributed by atoms with van der Waals surface area (Å²) in [5.74, 6) is -0.119. The number of hydrogen-bond donors (Lipinski definition) is 2. The molecule has 0 aliphatic heterocycles. The van der Waals surface area contributed by atoms with E-state index in [-0.39, 0.29) is 11.8 Å². The van der Waals surface area contributed by atoms with Crippen molar-refractivity contribution in [3.63, 3.8) is 0 Å². The van der Waals surface area contributed by atoms with E-state index in [0.717, 1.165) is 0 Å². The lowest BCUT2D eigenvalue weighted by molar-refractivity contribution is -0.117. The molecule has 0 aromatic heterocycles. The van der Waals surface area contributed by atoms with Crippen LogP contribution in [-0.4, -0.2) is 25.0 Å². The van der Waals surface area contributed by atoms with Gasteiger partial charge in [-0.1, -0.05) is 29.8 Å². The first kappa shape index (κ1) is 16.8. The molecule has 2 amide bonds. The third-order valence-corrected chi connectivity index (χ3v) is 3.49. The molecule has 5 nitrogen and oxygen atoms in total. The zero-order valence-corrected chi connectivity index (χ0v) is 13.6. The molecule has 0 aliphatic rings. The summed E-state index contributed by atoms with van der Waals surface area (Å²) in [5.41, 5.74) is 1.03. The smallest absolute Gasteiger partial charge is 0.251 e. The fourth-order valence-electron chi connectivity index (χ4n) is 1.93. The molecular weight excluding hydrogens is 316 g/mol. The zero-order valence-electron chi connectivity index (χ0n) is 12.8. The molecule has 0 heterocycles. The van der Waals surface area contributed by atoms with Crippen LogP contribution in [0.3, 0.4) is 0 Å². The Morgan fingerprint density at radius 3 is 2.43 bits per heavy atom. The highest BCUT2D eigenvalue weighted by molar-refractivity contribution is 6.32. The first-order valence-corrected chi connectivity index (χ1v) is 7.39. The number of rotatable bonds is 5. The van der Waals surface area contributed by atoms with Crippen molar-refractivity contribution >= 4 is 29.1 Å². The van der Waals surface area contributed by atoms with Crippen molar-refractivity contribution in [3.05, 3.63) is 59.1 Å². The van der Waals surface area contributed by atoms with Crippen LogP contribution in [0.15, 0.2) is 48.5 Å². The average molecular weight is 333 g/mol. The monoisotopic (exact) mass is 332 g/mol. The van der Waals surface area contributed by atoms with Gasteiger partial charge < -0.3 is 15.4 Å². The molecule has 23 heavy (non-hydrogen) atoms. The number of benzene rings is 2. The first-order valence-electron chi connectivity index (χ1n) is 7.01. The number of hydrogen-bond acceptors (Lipinski definition) is 3. The normalized spacial score (nSPS) is 11.4. The van der Waals surface area contributed by atoms with Gasteiger partial charge in [-0.2, -0.15) is 0 Å². The lowest BCUT2D eigenvalue weighted by Crippen LogP contribution is -2.41. The van der Waals surface area contributed by atoms with E-state index in [1.165, 1.54) is 7.11 Å². The molecule has 0 saturated carbocycles. The average Bonchev–Trinajstić information content (AvgIpc) is 2.55. The summed E-state index contributed by atoms with van der Waals surface area (Å²) < 4.78 is 5.05. The van der Waals surface area contributed by atoms with Crippen molar-refractivity contribution in [1.29, 1.82) is 0 Å². The van der Waals surface area contributed by atoms with Gasteiger partial charge in [-0.15, -0.1) is 0 Å². The van der Waals surface area contributed by atoms with Crippen LogP contribution in [0, 0.1) is 0 Å². The Hall–Kier alpha value is -2.53. The molecule has 0 aliphatic carbocycles. The standard InChI is InChI=1S/C17H17ClN2O3/c1-11(19-17(22)12-6-4-3-5-7-12)16(21)20-13-8-9-15(23-2)14(18)10-13/h3-11H,1-2H3,(H,19,22)(H,20,21). The molecule has 2 rings (SSSR count). The predicted molar refractivity (Wildman–Crippen MR) is 90.0 cm³/mol. The summed E-state index contributed by atoms with van der Waals surface area (Å²) in [4.78, 5) is 24.2. The quantitative estimate of drug-likeness (QED) is 0.884. The van der Waals surface area contributed by atoms with Crippen LogP contribution >= 0.6 is 11.6 Å². The second-order valence-corrected chi connectivity index (χ2v) is 5.31. The second kappa shape index (κ2) is 7.65. The van der Waals surface area contributed by atoms with Crippen LogP contribution in [-0.2, 0) is 4.79 Å². The SMILES string of the molecule is COc1ccc(NC(=O)C(C)NC(=O)c2ccccc2)cc1Cl. The molecule has 0 bridgehead atoms. The minimum atomic E-state index is -0.691. The van der Waals surface area contributed by atoms with Crippen LogP contribution in [0.25, 0.3) is 0 Å². The predicted octanol–water partition coefficient (Wildman–Crippen LogP) is 3.11. The lowest BCUT2D eigenvalue weighted by Gasteiger charge is -2.14. The van der Waals surface area contributed by atoms with Crippen molar-refractivity contribution in [3.8, 4) is 5.75 Å². The van der Waals surface area contributed by atoms with Gasteiger partial charge >= 0.3 is 0 Å². The number of carbonyl (C=O) groups is 2. The third-order valence-electron chi connectivity index (χ3n) is 3.20. The number of methoxy groups -OCH3 is 1. The van der Waals surface area contributed by atoms with Gasteiger partial charge in [-0.25, -0.2) is 0 Å². The zero-order chi connectivity index (χ0) is 16.8. The van der Waals surface area contributed by atoms with Gasteiger partial charge in [0.05, 0.1) is 12.1 Å². The third kappa shape index (κ3) is 4.47. The highest BCUT2D eigenvalue weighted by atomic mass is 35.5. The number of ether oxygens (including phenoxy) is 1. The Bertz CT molecular complexity index is 704. The molecule has 120 valence electrons. The lowest BCUT2D eigenvalue weighted by atomic mass is 10.2. The molecule has 0 radical (unpaired) electrons. The number of anilines is 1. The van der Waals surface area contributed by atoms with Gasteiger partial charge in [0.2, 0.25) is 5.91 Å². The van der Waals surface area contributed by atoms with E-state index in [2.05, 4.69) is 10.6 Å². The second-order valence-electron chi connectivity index (χ2n) is 4.90. The van der Waals surface area contributed by atoms with Crippen molar-refractivity contribution in [1.82, 2.24) is 5.32 Å². The fourth-order valence-corrected chi connectivity index (χ4v) is 2.19. The maximum absolute atomic E-state index is 12.1. The Labute approximate surface area is 139 Å². The van der Waals surface area contributed by atoms with E-state index in [0.29, 0.717) is 22.0 Å². The Kier molecular flexibility index (Phi) is 5.60. The highest BCUT2D eigenvalue weighted by Crippen LogP contribution is 2.27. The van der Waals surface area contributed by atoms with Crippen molar-refractivity contribution < 1.29 is 14.3 Å². The molecule has 2 aromatic carbocycles. The Morgan fingerprint density at radius 1 is 1.13 bits per heavy atom. The van der Waals surface area contributed by atoms with Gasteiger partial charge in [0.15, 0.2) is 0 Å². The van der Waals surface area contributed by atoms with E-state index in [1.807, 2.05) is 6.07 Å². The molecule has 2 aromatic rings. The van der Waals surface area contributed by atoms with Gasteiger partial charge in [0.25, 0.3) is 5.91 Å². The van der Waals surface area contributed by atoms with Crippen LogP contribution < -0.4 is 15.4 Å². The Balaban J connectivity index is 1.97. The van der Waals surface area contributed by atoms with Crippen molar-refractivity contribution in [2.45, 2.75) is 13.0 Å². The molecule has 2 N–H and O–H groups in total. The molecule has 6 heteroatoms. The molecule has 1 unspecified atom stereocenters. The first-order chi connectivity index (χ1) is 11.0.